The fourth-order valence-electron chi connectivity index (χ4n) is 3.18. The second kappa shape index (κ2) is 6.25. The number of aryl methyl sites for hydroxylation is 1. The van der Waals surface area contributed by atoms with E-state index >= 15 is 0 Å². The first-order valence-electron chi connectivity index (χ1n) is 7.69. The van der Waals surface area contributed by atoms with Crippen LogP contribution >= 0.6 is 0 Å². The number of carbonyl (C=O) groups is 1. The molecule has 3 heteroatoms. The van der Waals surface area contributed by atoms with Gasteiger partial charge >= 0.3 is 0 Å². The normalized spacial score (nSPS) is 16.3. The molecule has 1 aliphatic rings. The highest BCUT2D eigenvalue weighted by molar-refractivity contribution is 5.83. The monoisotopic (exact) mass is 283 g/mol. The number of carbonyl (C=O) groups excluding carboxylic acids is 1. The third kappa shape index (κ3) is 3.23. The Morgan fingerprint density at radius 2 is 2.05 bits per heavy atom. The Bertz CT molecular complexity index is 641. The summed E-state index contributed by atoms with van der Waals surface area (Å²) in [7, 11) is 1.69. The molecule has 0 saturated heterocycles. The van der Waals surface area contributed by atoms with Gasteiger partial charge in [-0.2, -0.15) is 0 Å². The Morgan fingerprint density at radius 1 is 1.24 bits per heavy atom. The maximum absolute atomic E-state index is 11.3. The number of ketones is 1. The van der Waals surface area contributed by atoms with Gasteiger partial charge in [-0.3, -0.25) is 9.78 Å². The lowest BCUT2D eigenvalue weighted by molar-refractivity contribution is -0.121. The largest absolute Gasteiger partial charge is 0.497 e. The highest BCUT2D eigenvalue weighted by Crippen LogP contribution is 2.28. The van der Waals surface area contributed by atoms with Gasteiger partial charge in [0.15, 0.2) is 0 Å². The van der Waals surface area contributed by atoms with Gasteiger partial charge < -0.3 is 4.74 Å². The average molecular weight is 283 g/mol. The Morgan fingerprint density at radius 3 is 2.81 bits per heavy atom. The number of Topliss-reactive ketones (excluding diaryl/α,β-unsaturated/α-hetero) is 1. The first-order valence-corrected chi connectivity index (χ1v) is 7.69. The van der Waals surface area contributed by atoms with E-state index in [9.17, 15) is 4.79 Å². The molecular formula is C18H21NO2. The van der Waals surface area contributed by atoms with Crippen molar-refractivity contribution in [2.45, 2.75) is 38.5 Å². The fraction of sp³-hybridized carbons (Fsp3) is 0.444. The van der Waals surface area contributed by atoms with Crippen molar-refractivity contribution in [3.8, 4) is 5.75 Å². The Balaban J connectivity index is 1.75. The van der Waals surface area contributed by atoms with Crippen molar-refractivity contribution < 1.29 is 9.53 Å². The summed E-state index contributed by atoms with van der Waals surface area (Å²) in [6, 6.07) is 8.14. The predicted molar refractivity (Wildman–Crippen MR) is 83.6 cm³/mol. The maximum atomic E-state index is 11.3. The number of methoxy groups -OCH3 is 1. The topological polar surface area (TPSA) is 39.2 Å². The molecule has 1 aliphatic carbocycles. The second-order valence-corrected chi connectivity index (χ2v) is 5.87. The predicted octanol–water partition coefficient (Wildman–Crippen LogP) is 3.94. The van der Waals surface area contributed by atoms with Gasteiger partial charge in [0.05, 0.1) is 12.6 Å². The zero-order valence-electron chi connectivity index (χ0n) is 12.5. The van der Waals surface area contributed by atoms with Crippen LogP contribution in [0.5, 0.6) is 5.75 Å². The minimum Gasteiger partial charge on any atom is -0.497 e. The molecule has 1 aromatic heterocycles. The minimum atomic E-state index is 0.436. The molecule has 0 spiro atoms. The van der Waals surface area contributed by atoms with Gasteiger partial charge in [-0.15, -0.1) is 0 Å². The number of fused-ring (bicyclic) bond motifs is 1. The van der Waals surface area contributed by atoms with Crippen molar-refractivity contribution in [3.63, 3.8) is 0 Å². The van der Waals surface area contributed by atoms with Crippen molar-refractivity contribution in [3.05, 3.63) is 36.0 Å². The lowest BCUT2D eigenvalue weighted by Gasteiger charge is -2.21. The Hall–Kier alpha value is -1.90. The summed E-state index contributed by atoms with van der Waals surface area (Å²) >= 11 is 0. The van der Waals surface area contributed by atoms with Crippen LogP contribution in [0.25, 0.3) is 10.9 Å². The van der Waals surface area contributed by atoms with E-state index in [0.717, 1.165) is 49.8 Å². The summed E-state index contributed by atoms with van der Waals surface area (Å²) in [4.78, 5) is 15.7. The molecular weight excluding hydrogens is 262 g/mol. The molecule has 21 heavy (non-hydrogen) atoms. The summed E-state index contributed by atoms with van der Waals surface area (Å²) in [5, 5.41) is 1.18. The number of pyridine rings is 1. The van der Waals surface area contributed by atoms with Gasteiger partial charge in [0.1, 0.15) is 11.5 Å². The zero-order valence-corrected chi connectivity index (χ0v) is 12.5. The molecule has 2 aromatic rings. The lowest BCUT2D eigenvalue weighted by atomic mass is 9.84. The molecule has 1 heterocycles. The van der Waals surface area contributed by atoms with Crippen LogP contribution in [0.4, 0.5) is 0 Å². The number of hydrogen-bond acceptors (Lipinski definition) is 3. The molecule has 0 atom stereocenters. The standard InChI is InChI=1S/C18H21NO2/c1-21-16-8-9-18-17(12-16)14(10-11-19-18)5-2-13-3-6-15(20)7-4-13/h8-13H,2-7H2,1H3. The quantitative estimate of drug-likeness (QED) is 0.853. The third-order valence-electron chi connectivity index (χ3n) is 4.52. The molecule has 3 rings (SSSR count). The number of nitrogens with zero attached hydrogens (tertiary/aromatic N) is 1. The van der Waals surface area contributed by atoms with Crippen LogP contribution in [0.1, 0.15) is 37.7 Å². The van der Waals surface area contributed by atoms with Crippen molar-refractivity contribution in [2.75, 3.05) is 7.11 Å². The first-order chi connectivity index (χ1) is 10.3. The molecule has 1 saturated carbocycles. The molecule has 0 amide bonds. The Labute approximate surface area is 125 Å². The highest BCUT2D eigenvalue weighted by atomic mass is 16.5. The molecule has 0 N–H and O–H groups in total. The van der Waals surface area contributed by atoms with Crippen LogP contribution < -0.4 is 4.74 Å². The van der Waals surface area contributed by atoms with E-state index in [1.807, 2.05) is 18.3 Å². The van der Waals surface area contributed by atoms with Crippen molar-refractivity contribution >= 4 is 16.7 Å². The van der Waals surface area contributed by atoms with Gasteiger partial charge in [-0.25, -0.2) is 0 Å². The Kier molecular flexibility index (Phi) is 4.18. The minimum absolute atomic E-state index is 0.436. The molecule has 0 bridgehead atoms. The van der Waals surface area contributed by atoms with Crippen LogP contribution in [-0.4, -0.2) is 17.9 Å². The molecule has 110 valence electrons. The first kappa shape index (κ1) is 14.1. The molecule has 0 aliphatic heterocycles. The lowest BCUT2D eigenvalue weighted by Crippen LogP contribution is -2.14. The SMILES string of the molecule is COc1ccc2nccc(CCC3CCC(=O)CC3)c2c1. The number of benzene rings is 1. The summed E-state index contributed by atoms with van der Waals surface area (Å²) in [5.41, 5.74) is 2.35. The number of hydrogen-bond donors (Lipinski definition) is 0. The van der Waals surface area contributed by atoms with E-state index in [4.69, 9.17) is 4.74 Å². The maximum Gasteiger partial charge on any atom is 0.132 e. The van der Waals surface area contributed by atoms with E-state index in [0.29, 0.717) is 11.7 Å². The van der Waals surface area contributed by atoms with Gasteiger partial charge in [0, 0.05) is 24.4 Å². The summed E-state index contributed by atoms with van der Waals surface area (Å²) in [6.07, 6.45) is 7.75. The van der Waals surface area contributed by atoms with Crippen LogP contribution in [0.2, 0.25) is 0 Å². The van der Waals surface area contributed by atoms with Gasteiger partial charge in [-0.05, 0) is 61.4 Å². The third-order valence-corrected chi connectivity index (χ3v) is 4.52. The average Bonchev–Trinajstić information content (AvgIpc) is 2.54. The van der Waals surface area contributed by atoms with Gasteiger partial charge in [0.25, 0.3) is 0 Å². The van der Waals surface area contributed by atoms with Crippen molar-refractivity contribution in [1.82, 2.24) is 4.98 Å². The smallest absolute Gasteiger partial charge is 0.132 e. The van der Waals surface area contributed by atoms with Crippen molar-refractivity contribution in [2.24, 2.45) is 5.92 Å². The van der Waals surface area contributed by atoms with Crippen molar-refractivity contribution in [1.29, 1.82) is 0 Å². The second-order valence-electron chi connectivity index (χ2n) is 5.87. The van der Waals surface area contributed by atoms with Crippen LogP contribution in [-0.2, 0) is 11.2 Å². The van der Waals surface area contributed by atoms with Crippen LogP contribution in [0.15, 0.2) is 30.5 Å². The van der Waals surface area contributed by atoms with E-state index in [-0.39, 0.29) is 0 Å². The highest BCUT2D eigenvalue weighted by Gasteiger charge is 2.18. The summed E-state index contributed by atoms with van der Waals surface area (Å²) in [6.45, 7) is 0. The molecule has 0 unspecified atom stereocenters. The van der Waals surface area contributed by atoms with Crippen LogP contribution in [0.3, 0.4) is 0 Å². The number of rotatable bonds is 4. The van der Waals surface area contributed by atoms with E-state index in [2.05, 4.69) is 17.1 Å². The van der Waals surface area contributed by atoms with Gasteiger partial charge in [-0.1, -0.05) is 0 Å². The fourth-order valence-corrected chi connectivity index (χ4v) is 3.18. The number of aromatic nitrogens is 1. The van der Waals surface area contributed by atoms with Crippen LogP contribution in [0, 0.1) is 5.92 Å². The molecule has 1 fully saturated rings. The molecule has 1 aromatic carbocycles. The molecule has 0 radical (unpaired) electrons. The zero-order chi connectivity index (χ0) is 14.7. The number of ether oxygens (including phenoxy) is 1. The van der Waals surface area contributed by atoms with E-state index < -0.39 is 0 Å². The molecule has 3 nitrogen and oxygen atoms in total. The van der Waals surface area contributed by atoms with E-state index in [1.165, 1.54) is 10.9 Å². The van der Waals surface area contributed by atoms with E-state index in [1.54, 1.807) is 7.11 Å². The summed E-state index contributed by atoms with van der Waals surface area (Å²) in [5.74, 6) is 2.00. The van der Waals surface area contributed by atoms with Gasteiger partial charge in [0.2, 0.25) is 0 Å². The summed E-state index contributed by atoms with van der Waals surface area (Å²) < 4.78 is 5.32.